The first kappa shape index (κ1) is 16.9. The van der Waals surface area contributed by atoms with Crippen LogP contribution in [0.1, 0.15) is 31.5 Å². The summed E-state index contributed by atoms with van der Waals surface area (Å²) < 4.78 is 0. The van der Waals surface area contributed by atoms with Gasteiger partial charge in [0.1, 0.15) is 0 Å². The van der Waals surface area contributed by atoms with Crippen molar-refractivity contribution in [2.45, 2.75) is 31.8 Å². The average Bonchev–Trinajstić information content (AvgIpc) is 2.63. The Morgan fingerprint density at radius 1 is 1.36 bits per heavy atom. The van der Waals surface area contributed by atoms with Crippen molar-refractivity contribution in [1.29, 1.82) is 0 Å². The lowest BCUT2D eigenvalue weighted by molar-refractivity contribution is 0.232. The predicted octanol–water partition coefficient (Wildman–Crippen LogP) is 1.19. The summed E-state index contributed by atoms with van der Waals surface area (Å²) in [6, 6.07) is 5.15. The molecule has 8 nitrogen and oxygen atoms in total. The Balaban J connectivity index is 1.56. The molecule has 3 N–H and O–H groups in total. The Kier molecular flexibility index (Phi) is 5.27. The van der Waals surface area contributed by atoms with E-state index in [1.165, 1.54) is 6.20 Å². The minimum absolute atomic E-state index is 0.0360. The lowest BCUT2D eigenvalue weighted by atomic mass is 10.1. The number of H-pyrrole nitrogens is 1. The van der Waals surface area contributed by atoms with E-state index in [9.17, 15) is 9.59 Å². The highest BCUT2D eigenvalue weighted by Gasteiger charge is 2.24. The topological polar surface area (TPSA) is 103 Å². The molecule has 8 heteroatoms. The summed E-state index contributed by atoms with van der Waals surface area (Å²) in [5, 5.41) is 5.87. The van der Waals surface area contributed by atoms with Gasteiger partial charge in [0.25, 0.3) is 5.56 Å². The first-order valence-corrected chi connectivity index (χ1v) is 8.40. The van der Waals surface area contributed by atoms with Gasteiger partial charge in [-0.15, -0.1) is 0 Å². The molecular weight excluding hydrogens is 320 g/mol. The summed E-state index contributed by atoms with van der Waals surface area (Å²) in [7, 11) is 0. The molecule has 0 saturated carbocycles. The van der Waals surface area contributed by atoms with Crippen LogP contribution in [0, 0.1) is 0 Å². The number of hydrogen-bond acceptors (Lipinski definition) is 5. The predicted molar refractivity (Wildman–Crippen MR) is 94.4 cm³/mol. The molecule has 3 heterocycles. The van der Waals surface area contributed by atoms with Crippen LogP contribution in [-0.2, 0) is 0 Å². The largest absolute Gasteiger partial charge is 0.350 e. The van der Waals surface area contributed by atoms with Crippen molar-refractivity contribution in [1.82, 2.24) is 25.6 Å². The molecule has 3 rings (SSSR count). The number of rotatable bonds is 4. The number of carbonyl (C=O) groups excluding carboxylic acids is 1. The molecule has 2 amide bonds. The van der Waals surface area contributed by atoms with Crippen molar-refractivity contribution in [3.8, 4) is 0 Å². The third-order valence-electron chi connectivity index (χ3n) is 4.22. The van der Waals surface area contributed by atoms with Crippen LogP contribution in [0.3, 0.4) is 0 Å². The lowest BCUT2D eigenvalue weighted by Crippen LogP contribution is -2.51. The Morgan fingerprint density at radius 3 is 3.00 bits per heavy atom. The molecule has 25 heavy (non-hydrogen) atoms. The standard InChI is InChI=1S/C17H22N6O2/c1-12(14-6-2-3-7-18-14)21-17(25)22-13-5-4-10-23(11-13)15-16(24)20-9-8-19-15/h2-3,6-9,12-13H,4-5,10-11H2,1H3,(H,20,24)(H2,21,22,25)/t12-,13+/m0/s1. The van der Waals surface area contributed by atoms with E-state index in [2.05, 4.69) is 25.6 Å². The van der Waals surface area contributed by atoms with Gasteiger partial charge in [0.2, 0.25) is 0 Å². The fraction of sp³-hybridized carbons (Fsp3) is 0.412. The van der Waals surface area contributed by atoms with Gasteiger partial charge in [0, 0.05) is 37.7 Å². The van der Waals surface area contributed by atoms with Crippen molar-refractivity contribution in [3.05, 3.63) is 52.8 Å². The number of amides is 2. The van der Waals surface area contributed by atoms with E-state index in [1.807, 2.05) is 30.0 Å². The summed E-state index contributed by atoms with van der Waals surface area (Å²) in [4.78, 5) is 37.1. The fourth-order valence-electron chi connectivity index (χ4n) is 2.99. The molecule has 0 aliphatic carbocycles. The second kappa shape index (κ2) is 7.78. The van der Waals surface area contributed by atoms with Gasteiger partial charge in [-0.1, -0.05) is 6.07 Å². The smallest absolute Gasteiger partial charge is 0.315 e. The van der Waals surface area contributed by atoms with Gasteiger partial charge in [0.15, 0.2) is 5.82 Å². The van der Waals surface area contributed by atoms with Crippen LogP contribution in [0.15, 0.2) is 41.6 Å². The molecule has 1 aliphatic heterocycles. The minimum atomic E-state index is -0.236. The van der Waals surface area contributed by atoms with Crippen LogP contribution in [0.5, 0.6) is 0 Å². The van der Waals surface area contributed by atoms with E-state index in [-0.39, 0.29) is 23.7 Å². The van der Waals surface area contributed by atoms with Gasteiger partial charge in [0.05, 0.1) is 11.7 Å². The van der Waals surface area contributed by atoms with E-state index in [4.69, 9.17) is 0 Å². The zero-order valence-electron chi connectivity index (χ0n) is 14.1. The van der Waals surface area contributed by atoms with E-state index in [0.717, 1.165) is 25.1 Å². The normalized spacial score (nSPS) is 18.4. The fourth-order valence-corrected chi connectivity index (χ4v) is 2.99. The van der Waals surface area contributed by atoms with Gasteiger partial charge >= 0.3 is 6.03 Å². The molecule has 0 aromatic carbocycles. The highest BCUT2D eigenvalue weighted by atomic mass is 16.2. The number of aromatic nitrogens is 3. The number of piperidine rings is 1. The number of pyridine rings is 1. The van der Waals surface area contributed by atoms with Crippen LogP contribution in [0.4, 0.5) is 10.6 Å². The van der Waals surface area contributed by atoms with Crippen LogP contribution < -0.4 is 21.1 Å². The van der Waals surface area contributed by atoms with Gasteiger partial charge in [-0.3, -0.25) is 9.78 Å². The number of nitrogens with one attached hydrogen (secondary N) is 3. The number of carbonyl (C=O) groups is 1. The third-order valence-corrected chi connectivity index (χ3v) is 4.22. The molecule has 2 atom stereocenters. The second-order valence-corrected chi connectivity index (χ2v) is 6.12. The number of anilines is 1. The summed E-state index contributed by atoms with van der Waals surface area (Å²) >= 11 is 0. The molecule has 1 fully saturated rings. The average molecular weight is 342 g/mol. The SMILES string of the molecule is C[C@H](NC(=O)N[C@@H]1CCCN(c2ncc[nH]c2=O)C1)c1ccccn1. The Bertz CT molecular complexity index is 763. The zero-order chi connectivity index (χ0) is 17.6. The molecular formula is C17H22N6O2. The number of hydrogen-bond donors (Lipinski definition) is 3. The van der Waals surface area contributed by atoms with E-state index in [1.54, 1.807) is 12.4 Å². The van der Waals surface area contributed by atoms with Gasteiger partial charge in [-0.25, -0.2) is 9.78 Å². The Hall–Kier alpha value is -2.90. The summed E-state index contributed by atoms with van der Waals surface area (Å²) in [5.74, 6) is 0.399. The second-order valence-electron chi connectivity index (χ2n) is 6.12. The molecule has 0 bridgehead atoms. The maximum Gasteiger partial charge on any atom is 0.315 e. The van der Waals surface area contributed by atoms with Gasteiger partial charge < -0.3 is 20.5 Å². The van der Waals surface area contributed by atoms with Crippen LogP contribution in [0.25, 0.3) is 0 Å². The summed E-state index contributed by atoms with van der Waals surface area (Å²) in [5.41, 5.74) is 0.597. The zero-order valence-corrected chi connectivity index (χ0v) is 14.1. The first-order valence-electron chi connectivity index (χ1n) is 8.40. The van der Waals surface area contributed by atoms with E-state index < -0.39 is 0 Å². The van der Waals surface area contributed by atoms with Gasteiger partial charge in [-0.05, 0) is 31.9 Å². The summed E-state index contributed by atoms with van der Waals surface area (Å²) in [6.07, 6.45) is 6.53. The van der Waals surface area contributed by atoms with Crippen molar-refractivity contribution in [2.75, 3.05) is 18.0 Å². The number of nitrogens with zero attached hydrogens (tertiary/aromatic N) is 3. The van der Waals surface area contributed by atoms with Crippen molar-refractivity contribution < 1.29 is 4.79 Å². The molecule has 0 unspecified atom stereocenters. The van der Waals surface area contributed by atoms with Crippen LogP contribution in [-0.4, -0.2) is 40.1 Å². The molecule has 0 radical (unpaired) electrons. The number of aromatic amines is 1. The Labute approximate surface area is 145 Å². The summed E-state index contributed by atoms with van der Waals surface area (Å²) in [6.45, 7) is 3.21. The Morgan fingerprint density at radius 2 is 2.24 bits per heavy atom. The van der Waals surface area contributed by atoms with Crippen molar-refractivity contribution >= 4 is 11.8 Å². The molecule has 2 aromatic heterocycles. The molecule has 132 valence electrons. The molecule has 1 aliphatic rings. The lowest BCUT2D eigenvalue weighted by Gasteiger charge is -2.33. The molecule has 2 aromatic rings. The maximum atomic E-state index is 12.3. The highest BCUT2D eigenvalue weighted by molar-refractivity contribution is 5.74. The first-order chi connectivity index (χ1) is 12.1. The molecule has 0 spiro atoms. The third kappa shape index (κ3) is 4.34. The van der Waals surface area contributed by atoms with Crippen LogP contribution in [0.2, 0.25) is 0 Å². The van der Waals surface area contributed by atoms with E-state index >= 15 is 0 Å². The highest BCUT2D eigenvalue weighted by Crippen LogP contribution is 2.14. The monoisotopic (exact) mass is 342 g/mol. The van der Waals surface area contributed by atoms with Crippen molar-refractivity contribution in [3.63, 3.8) is 0 Å². The van der Waals surface area contributed by atoms with Gasteiger partial charge in [-0.2, -0.15) is 0 Å². The van der Waals surface area contributed by atoms with Crippen molar-refractivity contribution in [2.24, 2.45) is 0 Å². The number of urea groups is 1. The molecule has 1 saturated heterocycles. The minimum Gasteiger partial charge on any atom is -0.350 e. The van der Waals surface area contributed by atoms with Crippen LogP contribution >= 0.6 is 0 Å². The van der Waals surface area contributed by atoms with E-state index in [0.29, 0.717) is 12.4 Å². The quantitative estimate of drug-likeness (QED) is 0.774. The maximum absolute atomic E-state index is 12.3.